The number of fused-ring (bicyclic) bond motifs is 1. The highest BCUT2D eigenvalue weighted by molar-refractivity contribution is 5.11. The highest BCUT2D eigenvalue weighted by atomic mass is 16.3. The molecule has 0 saturated carbocycles. The second-order valence-electron chi connectivity index (χ2n) is 4.05. The first-order valence-electron chi connectivity index (χ1n) is 4.91. The summed E-state index contributed by atoms with van der Waals surface area (Å²) in [6, 6.07) is 0. The number of rotatable bonds is 1. The SMILES string of the molecule is CC(C)c1cnc2n1CCC(O)C2. The molecule has 0 radical (unpaired) electrons. The van der Waals surface area contributed by atoms with E-state index in [-0.39, 0.29) is 6.10 Å². The van der Waals surface area contributed by atoms with Gasteiger partial charge >= 0.3 is 0 Å². The second-order valence-corrected chi connectivity index (χ2v) is 4.05. The fraction of sp³-hybridized carbons (Fsp3) is 0.700. The van der Waals surface area contributed by atoms with Crippen LogP contribution in [-0.4, -0.2) is 20.8 Å². The lowest BCUT2D eigenvalue weighted by molar-refractivity contribution is 0.141. The molecule has 0 amide bonds. The Kier molecular flexibility index (Phi) is 2.12. The van der Waals surface area contributed by atoms with Gasteiger partial charge in [-0.05, 0) is 12.3 Å². The van der Waals surface area contributed by atoms with Crippen LogP contribution in [0.2, 0.25) is 0 Å². The molecule has 0 saturated heterocycles. The molecule has 1 unspecified atom stereocenters. The molecule has 1 aromatic rings. The molecule has 0 fully saturated rings. The van der Waals surface area contributed by atoms with Crippen molar-refractivity contribution in [1.29, 1.82) is 0 Å². The quantitative estimate of drug-likeness (QED) is 0.707. The van der Waals surface area contributed by atoms with Crippen molar-refractivity contribution < 1.29 is 5.11 Å². The van der Waals surface area contributed by atoms with Crippen LogP contribution in [0, 0.1) is 0 Å². The molecule has 0 spiro atoms. The molecular formula is C10H16N2O. The van der Waals surface area contributed by atoms with E-state index in [1.807, 2.05) is 6.20 Å². The van der Waals surface area contributed by atoms with Crippen molar-refractivity contribution in [3.8, 4) is 0 Å². The van der Waals surface area contributed by atoms with Crippen molar-refractivity contribution in [2.24, 2.45) is 0 Å². The minimum Gasteiger partial charge on any atom is -0.393 e. The van der Waals surface area contributed by atoms with Gasteiger partial charge in [0.1, 0.15) is 5.82 Å². The maximum atomic E-state index is 9.45. The number of aliphatic hydroxyl groups excluding tert-OH is 1. The molecule has 1 aromatic heterocycles. The summed E-state index contributed by atoms with van der Waals surface area (Å²) in [6.07, 6.45) is 3.34. The predicted octanol–water partition coefficient (Wildman–Crippen LogP) is 1.31. The van der Waals surface area contributed by atoms with Gasteiger partial charge in [-0.3, -0.25) is 0 Å². The third kappa shape index (κ3) is 1.48. The zero-order valence-electron chi connectivity index (χ0n) is 8.20. The van der Waals surface area contributed by atoms with Gasteiger partial charge in [-0.2, -0.15) is 0 Å². The smallest absolute Gasteiger partial charge is 0.111 e. The molecule has 2 heterocycles. The number of nitrogens with zero attached hydrogens (tertiary/aromatic N) is 2. The van der Waals surface area contributed by atoms with E-state index in [0.29, 0.717) is 12.3 Å². The summed E-state index contributed by atoms with van der Waals surface area (Å²) >= 11 is 0. The van der Waals surface area contributed by atoms with Gasteiger partial charge in [0.05, 0.1) is 6.10 Å². The molecule has 0 bridgehead atoms. The predicted molar refractivity (Wildman–Crippen MR) is 50.6 cm³/mol. The maximum absolute atomic E-state index is 9.45. The van der Waals surface area contributed by atoms with Crippen LogP contribution in [0.1, 0.15) is 37.7 Å². The van der Waals surface area contributed by atoms with Gasteiger partial charge < -0.3 is 9.67 Å². The van der Waals surface area contributed by atoms with Crippen molar-refractivity contribution in [3.63, 3.8) is 0 Å². The van der Waals surface area contributed by atoms with E-state index in [1.165, 1.54) is 5.69 Å². The molecule has 3 heteroatoms. The first-order valence-corrected chi connectivity index (χ1v) is 4.91. The molecule has 1 N–H and O–H groups in total. The van der Waals surface area contributed by atoms with Gasteiger partial charge in [-0.1, -0.05) is 13.8 Å². The minimum absolute atomic E-state index is 0.185. The van der Waals surface area contributed by atoms with E-state index in [1.54, 1.807) is 0 Å². The molecule has 2 rings (SSSR count). The third-order valence-electron chi connectivity index (χ3n) is 2.66. The molecule has 0 aromatic carbocycles. The first-order chi connectivity index (χ1) is 6.18. The summed E-state index contributed by atoms with van der Waals surface area (Å²) in [6.45, 7) is 5.27. The average Bonchev–Trinajstić information content (AvgIpc) is 2.46. The van der Waals surface area contributed by atoms with Gasteiger partial charge in [-0.15, -0.1) is 0 Å². The van der Waals surface area contributed by atoms with E-state index < -0.39 is 0 Å². The molecular weight excluding hydrogens is 164 g/mol. The summed E-state index contributed by atoms with van der Waals surface area (Å²) in [4.78, 5) is 4.33. The summed E-state index contributed by atoms with van der Waals surface area (Å²) in [5.74, 6) is 1.57. The van der Waals surface area contributed by atoms with E-state index in [9.17, 15) is 5.11 Å². The third-order valence-corrected chi connectivity index (χ3v) is 2.66. The number of hydrogen-bond acceptors (Lipinski definition) is 2. The number of hydrogen-bond donors (Lipinski definition) is 1. The van der Waals surface area contributed by atoms with E-state index in [2.05, 4.69) is 23.4 Å². The Morgan fingerprint density at radius 2 is 2.38 bits per heavy atom. The Morgan fingerprint density at radius 3 is 3.08 bits per heavy atom. The Balaban J connectivity index is 2.33. The fourth-order valence-corrected chi connectivity index (χ4v) is 1.90. The van der Waals surface area contributed by atoms with E-state index in [0.717, 1.165) is 18.8 Å². The molecule has 13 heavy (non-hydrogen) atoms. The molecule has 0 aliphatic carbocycles. The standard InChI is InChI=1S/C10H16N2O/c1-7(2)9-6-11-10-5-8(13)3-4-12(9)10/h6-8,13H,3-5H2,1-2H3. The number of imidazole rings is 1. The fourth-order valence-electron chi connectivity index (χ4n) is 1.90. The summed E-state index contributed by atoms with van der Waals surface area (Å²) < 4.78 is 2.25. The number of aromatic nitrogens is 2. The highest BCUT2D eigenvalue weighted by Crippen LogP contribution is 2.21. The molecule has 1 aliphatic rings. The van der Waals surface area contributed by atoms with Gasteiger partial charge in [0.25, 0.3) is 0 Å². The lowest BCUT2D eigenvalue weighted by Crippen LogP contribution is -2.24. The Bertz CT molecular complexity index is 304. The zero-order valence-corrected chi connectivity index (χ0v) is 8.20. The van der Waals surface area contributed by atoms with Crippen molar-refractivity contribution in [2.75, 3.05) is 0 Å². The van der Waals surface area contributed by atoms with Gasteiger partial charge in [0.15, 0.2) is 0 Å². The van der Waals surface area contributed by atoms with Crippen LogP contribution in [0.3, 0.4) is 0 Å². The van der Waals surface area contributed by atoms with Crippen molar-refractivity contribution >= 4 is 0 Å². The Labute approximate surface area is 78.4 Å². The number of aliphatic hydroxyl groups is 1. The molecule has 72 valence electrons. The summed E-state index contributed by atoms with van der Waals surface area (Å²) in [5.41, 5.74) is 1.29. The average molecular weight is 180 g/mol. The van der Waals surface area contributed by atoms with Crippen LogP contribution < -0.4 is 0 Å². The largest absolute Gasteiger partial charge is 0.393 e. The van der Waals surface area contributed by atoms with Crippen LogP contribution >= 0.6 is 0 Å². The monoisotopic (exact) mass is 180 g/mol. The van der Waals surface area contributed by atoms with Gasteiger partial charge in [0.2, 0.25) is 0 Å². The van der Waals surface area contributed by atoms with Crippen LogP contribution in [0.25, 0.3) is 0 Å². The summed E-state index contributed by atoms with van der Waals surface area (Å²) in [7, 11) is 0. The van der Waals surface area contributed by atoms with Crippen LogP contribution in [0.5, 0.6) is 0 Å². The van der Waals surface area contributed by atoms with Gasteiger partial charge in [-0.25, -0.2) is 4.98 Å². The van der Waals surface area contributed by atoms with E-state index >= 15 is 0 Å². The highest BCUT2D eigenvalue weighted by Gasteiger charge is 2.20. The second kappa shape index (κ2) is 3.14. The topological polar surface area (TPSA) is 38.0 Å². The Hall–Kier alpha value is -0.830. The molecule has 1 atom stereocenters. The van der Waals surface area contributed by atoms with Crippen molar-refractivity contribution in [2.45, 2.75) is 45.3 Å². The maximum Gasteiger partial charge on any atom is 0.111 e. The zero-order chi connectivity index (χ0) is 9.42. The van der Waals surface area contributed by atoms with Crippen molar-refractivity contribution in [1.82, 2.24) is 9.55 Å². The normalized spacial score (nSPS) is 22.0. The first kappa shape index (κ1) is 8.75. The lowest BCUT2D eigenvalue weighted by Gasteiger charge is -2.21. The van der Waals surface area contributed by atoms with Crippen LogP contribution in [0.4, 0.5) is 0 Å². The molecule has 1 aliphatic heterocycles. The lowest BCUT2D eigenvalue weighted by atomic mass is 10.1. The van der Waals surface area contributed by atoms with Crippen molar-refractivity contribution in [3.05, 3.63) is 17.7 Å². The van der Waals surface area contributed by atoms with Crippen LogP contribution in [-0.2, 0) is 13.0 Å². The Morgan fingerprint density at radius 1 is 1.62 bits per heavy atom. The molecule has 3 nitrogen and oxygen atoms in total. The minimum atomic E-state index is -0.185. The van der Waals surface area contributed by atoms with Crippen LogP contribution in [0.15, 0.2) is 6.20 Å². The van der Waals surface area contributed by atoms with Gasteiger partial charge in [0, 0.05) is 24.9 Å². The summed E-state index contributed by atoms with van der Waals surface area (Å²) in [5, 5.41) is 9.45. The van der Waals surface area contributed by atoms with E-state index in [4.69, 9.17) is 0 Å².